The Morgan fingerprint density at radius 1 is 1.08 bits per heavy atom. The van der Waals surface area contributed by atoms with Gasteiger partial charge in [0.15, 0.2) is 5.11 Å². The number of nitrogens with two attached hydrogens (primary N) is 1. The number of nitrogens with zero attached hydrogens (tertiary/aromatic N) is 1. The lowest BCUT2D eigenvalue weighted by molar-refractivity contribution is 0.217. The standard InChI is InChI=1S/C20H25N3O2S/c1-20(2,3)16-8-10-17(11-9-16)24-12-13-25-18-7-5-4-6-15(18)14-22-23-19(21)26/h4-11,14H,12-13H2,1-3H3,(H3,21,23,26)/b22-14-. The first-order valence-corrected chi connectivity index (χ1v) is 8.81. The molecule has 0 bridgehead atoms. The van der Waals surface area contributed by atoms with Gasteiger partial charge in [0.05, 0.1) is 6.21 Å². The zero-order valence-electron chi connectivity index (χ0n) is 15.4. The predicted octanol–water partition coefficient (Wildman–Crippen LogP) is 3.61. The molecule has 26 heavy (non-hydrogen) atoms. The fourth-order valence-corrected chi connectivity index (χ4v) is 2.30. The van der Waals surface area contributed by atoms with E-state index in [4.69, 9.17) is 27.4 Å². The number of hydrazone groups is 1. The molecule has 0 saturated heterocycles. The van der Waals surface area contributed by atoms with Crippen LogP contribution >= 0.6 is 12.2 Å². The maximum absolute atomic E-state index is 5.79. The van der Waals surface area contributed by atoms with Crippen LogP contribution in [0.5, 0.6) is 11.5 Å². The Balaban J connectivity index is 1.85. The van der Waals surface area contributed by atoms with E-state index in [2.05, 4.69) is 43.4 Å². The molecule has 0 atom stereocenters. The third-order valence-electron chi connectivity index (χ3n) is 3.63. The number of nitrogens with one attached hydrogen (secondary N) is 1. The Kier molecular flexibility index (Phi) is 6.97. The molecule has 3 N–H and O–H groups in total. The monoisotopic (exact) mass is 371 g/mol. The molecule has 0 aliphatic carbocycles. The molecule has 0 fully saturated rings. The number of hydrogen-bond acceptors (Lipinski definition) is 4. The molecule has 0 radical (unpaired) electrons. The largest absolute Gasteiger partial charge is 0.490 e. The summed E-state index contributed by atoms with van der Waals surface area (Å²) < 4.78 is 11.5. The van der Waals surface area contributed by atoms with Gasteiger partial charge in [-0.25, -0.2) is 0 Å². The molecule has 0 aliphatic heterocycles. The maximum Gasteiger partial charge on any atom is 0.184 e. The molecule has 2 rings (SSSR count). The number of benzene rings is 2. The number of para-hydroxylation sites is 1. The first-order valence-electron chi connectivity index (χ1n) is 8.40. The Bertz CT molecular complexity index is 752. The van der Waals surface area contributed by atoms with Gasteiger partial charge < -0.3 is 15.2 Å². The fraction of sp³-hybridized carbons (Fsp3) is 0.300. The SMILES string of the molecule is CC(C)(C)c1ccc(OCCOc2ccccc2/C=N\NC(N)=S)cc1. The van der Waals surface area contributed by atoms with Gasteiger partial charge in [-0.1, -0.05) is 45.0 Å². The van der Waals surface area contributed by atoms with Crippen LogP contribution in [0.2, 0.25) is 0 Å². The lowest BCUT2D eigenvalue weighted by Gasteiger charge is -2.19. The van der Waals surface area contributed by atoms with E-state index in [-0.39, 0.29) is 10.5 Å². The average Bonchev–Trinajstić information content (AvgIpc) is 2.59. The first-order chi connectivity index (χ1) is 12.4. The van der Waals surface area contributed by atoms with Crippen molar-refractivity contribution in [1.82, 2.24) is 5.43 Å². The number of rotatable bonds is 7. The quantitative estimate of drug-likeness (QED) is 0.337. The zero-order valence-corrected chi connectivity index (χ0v) is 16.2. The maximum atomic E-state index is 5.79. The molecule has 0 saturated carbocycles. The van der Waals surface area contributed by atoms with Crippen molar-refractivity contribution in [2.45, 2.75) is 26.2 Å². The molecule has 138 valence electrons. The molecular formula is C20H25N3O2S. The second-order valence-corrected chi connectivity index (χ2v) is 7.18. The van der Waals surface area contributed by atoms with Crippen LogP contribution in [0.3, 0.4) is 0 Å². The van der Waals surface area contributed by atoms with Gasteiger partial charge in [0.2, 0.25) is 0 Å². The van der Waals surface area contributed by atoms with Gasteiger partial charge >= 0.3 is 0 Å². The van der Waals surface area contributed by atoms with Gasteiger partial charge in [-0.05, 0) is 47.5 Å². The molecule has 2 aromatic rings. The molecular weight excluding hydrogens is 346 g/mol. The van der Waals surface area contributed by atoms with Crippen LogP contribution in [0.25, 0.3) is 0 Å². The van der Waals surface area contributed by atoms with Crippen molar-refractivity contribution >= 4 is 23.5 Å². The Labute approximate surface area is 160 Å². The lowest BCUT2D eigenvalue weighted by Crippen LogP contribution is -2.24. The van der Waals surface area contributed by atoms with Crippen molar-refractivity contribution in [3.8, 4) is 11.5 Å². The van der Waals surface area contributed by atoms with Crippen molar-refractivity contribution in [2.24, 2.45) is 10.8 Å². The Hall–Kier alpha value is -2.60. The van der Waals surface area contributed by atoms with E-state index in [9.17, 15) is 0 Å². The van der Waals surface area contributed by atoms with Crippen LogP contribution in [-0.2, 0) is 5.41 Å². The summed E-state index contributed by atoms with van der Waals surface area (Å²) in [6.45, 7) is 7.44. The van der Waals surface area contributed by atoms with E-state index < -0.39 is 0 Å². The molecule has 6 heteroatoms. The normalized spacial score (nSPS) is 11.3. The van der Waals surface area contributed by atoms with Crippen molar-refractivity contribution in [3.05, 3.63) is 59.7 Å². The molecule has 0 aliphatic rings. The number of hydrogen-bond donors (Lipinski definition) is 2. The van der Waals surface area contributed by atoms with Gasteiger partial charge in [0.25, 0.3) is 0 Å². The molecule has 0 amide bonds. The molecule has 0 aromatic heterocycles. The summed E-state index contributed by atoms with van der Waals surface area (Å²) in [5.41, 5.74) is 10.1. The van der Waals surface area contributed by atoms with E-state index in [0.29, 0.717) is 19.0 Å². The highest BCUT2D eigenvalue weighted by molar-refractivity contribution is 7.80. The minimum absolute atomic E-state index is 0.116. The van der Waals surface area contributed by atoms with Gasteiger partial charge in [-0.15, -0.1) is 0 Å². The first kappa shape index (κ1) is 19.7. The molecule has 0 heterocycles. The van der Waals surface area contributed by atoms with E-state index in [1.807, 2.05) is 36.4 Å². The van der Waals surface area contributed by atoms with Gasteiger partial charge in [-0.2, -0.15) is 5.10 Å². The second kappa shape index (κ2) is 9.20. The summed E-state index contributed by atoms with van der Waals surface area (Å²) in [5.74, 6) is 1.55. The van der Waals surface area contributed by atoms with Crippen LogP contribution in [0.4, 0.5) is 0 Å². The van der Waals surface area contributed by atoms with Crippen molar-refractivity contribution in [3.63, 3.8) is 0 Å². The van der Waals surface area contributed by atoms with E-state index in [1.54, 1.807) is 6.21 Å². The summed E-state index contributed by atoms with van der Waals surface area (Å²) in [4.78, 5) is 0. The fourth-order valence-electron chi connectivity index (χ4n) is 2.25. The van der Waals surface area contributed by atoms with Gasteiger partial charge in [-0.3, -0.25) is 5.43 Å². The van der Waals surface area contributed by atoms with Crippen LogP contribution < -0.4 is 20.6 Å². The molecule has 5 nitrogen and oxygen atoms in total. The second-order valence-electron chi connectivity index (χ2n) is 6.74. The van der Waals surface area contributed by atoms with Crippen molar-refractivity contribution < 1.29 is 9.47 Å². The summed E-state index contributed by atoms with van der Waals surface area (Å²) in [7, 11) is 0. The van der Waals surface area contributed by atoms with Crippen LogP contribution in [-0.4, -0.2) is 24.5 Å². The summed E-state index contributed by atoms with van der Waals surface area (Å²) in [5, 5.41) is 4.07. The highest BCUT2D eigenvalue weighted by Gasteiger charge is 2.12. The number of thiocarbonyl (C=S) groups is 1. The lowest BCUT2D eigenvalue weighted by atomic mass is 9.87. The van der Waals surface area contributed by atoms with E-state index in [0.717, 1.165) is 11.3 Å². The minimum atomic E-state index is 0.116. The average molecular weight is 372 g/mol. The molecule has 0 spiro atoms. The Morgan fingerprint density at radius 2 is 1.73 bits per heavy atom. The number of ether oxygens (including phenoxy) is 2. The highest BCUT2D eigenvalue weighted by atomic mass is 32.1. The third-order valence-corrected chi connectivity index (χ3v) is 3.72. The summed E-state index contributed by atoms with van der Waals surface area (Å²) >= 11 is 4.71. The smallest absolute Gasteiger partial charge is 0.184 e. The minimum Gasteiger partial charge on any atom is -0.490 e. The molecule has 2 aromatic carbocycles. The summed E-state index contributed by atoms with van der Waals surface area (Å²) in [6.07, 6.45) is 1.61. The van der Waals surface area contributed by atoms with Crippen molar-refractivity contribution in [2.75, 3.05) is 13.2 Å². The third kappa shape index (κ3) is 6.37. The van der Waals surface area contributed by atoms with E-state index >= 15 is 0 Å². The zero-order chi connectivity index (χ0) is 19.0. The molecule has 0 unspecified atom stereocenters. The van der Waals surface area contributed by atoms with Crippen LogP contribution in [0.1, 0.15) is 31.9 Å². The predicted molar refractivity (Wildman–Crippen MR) is 110 cm³/mol. The topological polar surface area (TPSA) is 68.9 Å². The highest BCUT2D eigenvalue weighted by Crippen LogP contribution is 2.24. The Morgan fingerprint density at radius 3 is 2.38 bits per heavy atom. The van der Waals surface area contributed by atoms with E-state index in [1.165, 1.54) is 5.56 Å². The van der Waals surface area contributed by atoms with Crippen LogP contribution in [0, 0.1) is 0 Å². The van der Waals surface area contributed by atoms with Gasteiger partial charge in [0.1, 0.15) is 24.7 Å². The van der Waals surface area contributed by atoms with Crippen LogP contribution in [0.15, 0.2) is 53.6 Å². The summed E-state index contributed by atoms with van der Waals surface area (Å²) in [6, 6.07) is 15.7. The van der Waals surface area contributed by atoms with Crippen molar-refractivity contribution in [1.29, 1.82) is 0 Å². The van der Waals surface area contributed by atoms with Gasteiger partial charge in [0, 0.05) is 5.56 Å².